The molecule has 4 nitrogen and oxygen atoms in total. The topological polar surface area (TPSA) is 55.8 Å². The van der Waals surface area contributed by atoms with E-state index in [2.05, 4.69) is 22.6 Å². The van der Waals surface area contributed by atoms with Gasteiger partial charge in [0.05, 0.1) is 13.2 Å². The first-order valence-electron chi connectivity index (χ1n) is 6.13. The molecule has 0 bridgehead atoms. The molecule has 0 saturated heterocycles. The number of rotatable bonds is 7. The van der Waals surface area contributed by atoms with Gasteiger partial charge in [-0.3, -0.25) is 4.57 Å². The van der Waals surface area contributed by atoms with E-state index in [0.29, 0.717) is 5.03 Å². The molecule has 0 unspecified atom stereocenters. The van der Waals surface area contributed by atoms with Crippen LogP contribution in [0.1, 0.15) is 19.4 Å². The molecule has 0 saturated carbocycles. The maximum atomic E-state index is 12.3. The van der Waals surface area contributed by atoms with E-state index in [-0.39, 0.29) is 13.2 Å². The lowest BCUT2D eigenvalue weighted by atomic mass is 10.2. The zero-order valence-corrected chi connectivity index (χ0v) is 15.1. The van der Waals surface area contributed by atoms with Crippen molar-refractivity contribution in [2.45, 2.75) is 19.7 Å². The fraction of sp³-hybridized carbons (Fsp3) is 0.385. The molecular formula is C13H17ClIO4P. The van der Waals surface area contributed by atoms with Gasteiger partial charge in [-0.25, -0.2) is 0 Å². The van der Waals surface area contributed by atoms with Crippen molar-refractivity contribution in [2.24, 2.45) is 0 Å². The summed E-state index contributed by atoms with van der Waals surface area (Å²) in [6.07, 6.45) is 1.29. The Morgan fingerprint density at radius 2 is 1.85 bits per heavy atom. The van der Waals surface area contributed by atoms with Crippen LogP contribution in [0.4, 0.5) is 0 Å². The van der Waals surface area contributed by atoms with Gasteiger partial charge in [-0.15, -0.1) is 0 Å². The second kappa shape index (κ2) is 8.51. The molecule has 1 aromatic carbocycles. The van der Waals surface area contributed by atoms with Gasteiger partial charge in [0.1, 0.15) is 0 Å². The van der Waals surface area contributed by atoms with Gasteiger partial charge in [0, 0.05) is 8.60 Å². The molecule has 0 heterocycles. The maximum absolute atomic E-state index is 12.3. The summed E-state index contributed by atoms with van der Waals surface area (Å²) >= 11 is 8.31. The van der Waals surface area contributed by atoms with Crippen molar-refractivity contribution in [1.29, 1.82) is 0 Å². The van der Waals surface area contributed by atoms with Gasteiger partial charge in [0.15, 0.2) is 5.85 Å². The third-order valence-electron chi connectivity index (χ3n) is 2.36. The molecule has 20 heavy (non-hydrogen) atoms. The van der Waals surface area contributed by atoms with Crippen LogP contribution in [-0.4, -0.2) is 24.2 Å². The summed E-state index contributed by atoms with van der Waals surface area (Å²) in [7, 11) is -3.60. The molecule has 0 aromatic heterocycles. The van der Waals surface area contributed by atoms with E-state index in [1.807, 2.05) is 24.3 Å². The van der Waals surface area contributed by atoms with Crippen LogP contribution in [0.3, 0.4) is 0 Å². The van der Waals surface area contributed by atoms with Gasteiger partial charge in [-0.1, -0.05) is 23.7 Å². The first-order valence-corrected chi connectivity index (χ1v) is 9.20. The molecule has 0 aliphatic carbocycles. The lowest BCUT2D eigenvalue weighted by Gasteiger charge is -2.20. The molecule has 112 valence electrons. The van der Waals surface area contributed by atoms with E-state index >= 15 is 0 Å². The maximum Gasteiger partial charge on any atom is 0.362 e. The van der Waals surface area contributed by atoms with E-state index < -0.39 is 13.4 Å². The number of hydrogen-bond donors (Lipinski definition) is 1. The third kappa shape index (κ3) is 5.13. The summed E-state index contributed by atoms with van der Waals surface area (Å²) in [6.45, 7) is 3.73. The minimum absolute atomic E-state index is 0.184. The van der Waals surface area contributed by atoms with Gasteiger partial charge in [-0.05, 0) is 60.2 Å². The zero-order valence-electron chi connectivity index (χ0n) is 11.3. The van der Waals surface area contributed by atoms with E-state index in [1.165, 1.54) is 6.08 Å². The number of aliphatic hydroxyl groups excluding tert-OH is 1. The number of hydrogen-bond acceptors (Lipinski definition) is 4. The first-order chi connectivity index (χ1) is 9.42. The normalized spacial score (nSPS) is 14.3. The summed E-state index contributed by atoms with van der Waals surface area (Å²) in [5.41, 5.74) is 0.727. The van der Waals surface area contributed by atoms with Gasteiger partial charge in [-0.2, -0.15) is 0 Å². The summed E-state index contributed by atoms with van der Waals surface area (Å²) in [4.78, 5) is 0. The Morgan fingerprint density at radius 3 is 2.30 bits per heavy atom. The molecule has 0 amide bonds. The Bertz CT molecular complexity index is 494. The van der Waals surface area contributed by atoms with Crippen molar-refractivity contribution >= 4 is 46.8 Å². The minimum atomic E-state index is -3.60. The van der Waals surface area contributed by atoms with Crippen molar-refractivity contribution in [1.82, 2.24) is 0 Å². The van der Waals surface area contributed by atoms with Crippen molar-refractivity contribution < 1.29 is 18.7 Å². The van der Waals surface area contributed by atoms with Crippen LogP contribution in [0.25, 0.3) is 5.03 Å². The number of halogens is 2. The predicted octanol–water partition coefficient (Wildman–Crippen LogP) is 4.46. The summed E-state index contributed by atoms with van der Waals surface area (Å²) in [5.74, 6) is -1.39. The second-order valence-corrected chi connectivity index (χ2v) is 7.59. The molecule has 0 aliphatic heterocycles. The highest BCUT2D eigenvalue weighted by Crippen LogP contribution is 2.53. The molecule has 0 radical (unpaired) electrons. The van der Waals surface area contributed by atoms with Crippen molar-refractivity contribution in [2.75, 3.05) is 13.2 Å². The highest BCUT2D eigenvalue weighted by molar-refractivity contribution is 14.1. The van der Waals surface area contributed by atoms with Crippen LogP contribution in [0, 0.1) is 3.57 Å². The van der Waals surface area contributed by atoms with Crippen LogP contribution in [0.2, 0.25) is 0 Å². The Hall–Kier alpha value is 0.0900. The molecule has 1 aromatic rings. The SMILES string of the molecule is CCOP(=O)(OCC)[C@@H](O)/C=C(\Cl)c1ccc(I)cc1. The van der Waals surface area contributed by atoms with Crippen LogP contribution >= 0.6 is 41.8 Å². The van der Waals surface area contributed by atoms with E-state index in [4.69, 9.17) is 20.6 Å². The molecule has 1 rings (SSSR count). The number of benzene rings is 1. The minimum Gasteiger partial charge on any atom is -0.377 e. The Kier molecular flexibility index (Phi) is 7.72. The van der Waals surface area contributed by atoms with Gasteiger partial charge in [0.2, 0.25) is 0 Å². The zero-order chi connectivity index (χ0) is 15.2. The van der Waals surface area contributed by atoms with Crippen LogP contribution in [0.5, 0.6) is 0 Å². The Labute approximate surface area is 137 Å². The van der Waals surface area contributed by atoms with Crippen molar-refractivity contribution in [3.05, 3.63) is 39.5 Å². The summed E-state index contributed by atoms with van der Waals surface area (Å²) < 4.78 is 23.5. The van der Waals surface area contributed by atoms with Gasteiger partial charge in [0.25, 0.3) is 0 Å². The molecule has 0 spiro atoms. The van der Waals surface area contributed by atoms with Crippen molar-refractivity contribution in [3.63, 3.8) is 0 Å². The third-order valence-corrected chi connectivity index (χ3v) is 5.45. The number of aliphatic hydroxyl groups is 1. The second-order valence-electron chi connectivity index (χ2n) is 3.81. The predicted molar refractivity (Wildman–Crippen MR) is 89.9 cm³/mol. The lowest BCUT2D eigenvalue weighted by molar-refractivity contribution is 0.169. The van der Waals surface area contributed by atoms with Crippen molar-refractivity contribution in [3.8, 4) is 0 Å². The molecule has 0 aliphatic rings. The monoisotopic (exact) mass is 430 g/mol. The Morgan fingerprint density at radius 1 is 1.35 bits per heavy atom. The van der Waals surface area contributed by atoms with E-state index in [0.717, 1.165) is 9.13 Å². The van der Waals surface area contributed by atoms with Crippen LogP contribution in [0.15, 0.2) is 30.3 Å². The van der Waals surface area contributed by atoms with Crippen LogP contribution < -0.4 is 0 Å². The standard InChI is InChI=1S/C13H17ClIO4P/c1-3-18-20(17,19-4-2)13(16)9-12(14)10-5-7-11(15)8-6-10/h5-9,13,16H,3-4H2,1-2H3/b12-9-/t13-/m1/s1. The average Bonchev–Trinajstić information content (AvgIpc) is 2.39. The fourth-order valence-electron chi connectivity index (χ4n) is 1.48. The highest BCUT2D eigenvalue weighted by Gasteiger charge is 2.32. The highest BCUT2D eigenvalue weighted by atomic mass is 127. The van der Waals surface area contributed by atoms with Gasteiger partial charge >= 0.3 is 7.60 Å². The lowest BCUT2D eigenvalue weighted by Crippen LogP contribution is -2.10. The Balaban J connectivity index is 2.95. The van der Waals surface area contributed by atoms with Crippen LogP contribution in [-0.2, 0) is 13.6 Å². The quantitative estimate of drug-likeness (QED) is 0.513. The average molecular weight is 431 g/mol. The van der Waals surface area contributed by atoms with E-state index in [9.17, 15) is 9.67 Å². The van der Waals surface area contributed by atoms with Gasteiger partial charge < -0.3 is 14.2 Å². The summed E-state index contributed by atoms with van der Waals surface area (Å²) in [5, 5.41) is 10.3. The first kappa shape index (κ1) is 18.1. The molecule has 1 atom stereocenters. The fourth-order valence-corrected chi connectivity index (χ4v) is 3.60. The largest absolute Gasteiger partial charge is 0.377 e. The smallest absolute Gasteiger partial charge is 0.362 e. The van der Waals surface area contributed by atoms with E-state index in [1.54, 1.807) is 13.8 Å². The molecule has 7 heteroatoms. The summed E-state index contributed by atoms with van der Waals surface area (Å²) in [6, 6.07) is 7.42. The molecule has 1 N–H and O–H groups in total. The molecular weight excluding hydrogens is 413 g/mol. The molecule has 0 fully saturated rings.